The Bertz CT molecular complexity index is 965. The molecule has 0 bridgehead atoms. The van der Waals surface area contributed by atoms with Gasteiger partial charge in [-0.15, -0.1) is 5.10 Å². The summed E-state index contributed by atoms with van der Waals surface area (Å²) in [5.74, 6) is -0.133. The van der Waals surface area contributed by atoms with Crippen molar-refractivity contribution < 1.29 is 13.2 Å². The molecule has 0 N–H and O–H groups in total. The monoisotopic (exact) mass is 405 g/mol. The minimum Gasteiger partial charge on any atom is -0.342 e. The van der Waals surface area contributed by atoms with Crippen LogP contribution in [0.1, 0.15) is 39.0 Å². The molecule has 28 heavy (non-hydrogen) atoms. The first kappa shape index (κ1) is 19.3. The highest BCUT2D eigenvalue weighted by Crippen LogP contribution is 2.27. The molecule has 0 aliphatic carbocycles. The Balaban J connectivity index is 1.55. The number of carbonyl (C=O) groups excluding carboxylic acids is 1. The molecule has 2 aliphatic heterocycles. The van der Waals surface area contributed by atoms with Crippen molar-refractivity contribution in [1.82, 2.24) is 24.2 Å². The van der Waals surface area contributed by atoms with E-state index in [0.717, 1.165) is 50.8 Å². The van der Waals surface area contributed by atoms with Crippen molar-refractivity contribution in [3.63, 3.8) is 0 Å². The SMILES string of the molecule is CCCn1nnc2cc(S(=O)(=O)N3CCCC(C(=O)N4CCCC4)C3)ccc21. The lowest BCUT2D eigenvalue weighted by atomic mass is 9.98. The van der Waals surface area contributed by atoms with E-state index in [9.17, 15) is 13.2 Å². The van der Waals surface area contributed by atoms with E-state index in [1.54, 1.807) is 22.9 Å². The standard InChI is InChI=1S/C19H27N5O3S/c1-2-9-24-18-8-7-16(13-17(18)20-21-24)28(26,27)23-12-5-6-15(14-23)19(25)22-10-3-4-11-22/h7-8,13,15H,2-6,9-12,14H2,1H3. The number of likely N-dealkylation sites (tertiary alicyclic amines) is 1. The molecule has 0 saturated carbocycles. The predicted molar refractivity (Wildman–Crippen MR) is 105 cm³/mol. The first-order chi connectivity index (χ1) is 13.5. The summed E-state index contributed by atoms with van der Waals surface area (Å²) in [6, 6.07) is 4.99. The topological polar surface area (TPSA) is 88.4 Å². The molecule has 4 rings (SSSR count). The van der Waals surface area contributed by atoms with Crippen molar-refractivity contribution in [2.75, 3.05) is 26.2 Å². The lowest BCUT2D eigenvalue weighted by molar-refractivity contribution is -0.135. The van der Waals surface area contributed by atoms with Gasteiger partial charge in [-0.05, 0) is 50.3 Å². The van der Waals surface area contributed by atoms with E-state index in [0.29, 0.717) is 18.5 Å². The van der Waals surface area contributed by atoms with E-state index in [1.807, 2.05) is 4.90 Å². The van der Waals surface area contributed by atoms with Gasteiger partial charge in [0.25, 0.3) is 0 Å². The fraction of sp³-hybridized carbons (Fsp3) is 0.632. The summed E-state index contributed by atoms with van der Waals surface area (Å²) >= 11 is 0. The minimum atomic E-state index is -3.66. The molecule has 0 spiro atoms. The van der Waals surface area contributed by atoms with Crippen LogP contribution in [0.25, 0.3) is 11.0 Å². The first-order valence-corrected chi connectivity index (χ1v) is 11.6. The van der Waals surface area contributed by atoms with Crippen LogP contribution in [0.3, 0.4) is 0 Å². The number of hydrogen-bond donors (Lipinski definition) is 0. The highest BCUT2D eigenvalue weighted by atomic mass is 32.2. The van der Waals surface area contributed by atoms with Crippen molar-refractivity contribution in [2.45, 2.75) is 50.5 Å². The molecule has 1 amide bonds. The molecular weight excluding hydrogens is 378 g/mol. The number of piperidine rings is 1. The normalized spacial score (nSPS) is 21.5. The lowest BCUT2D eigenvalue weighted by Crippen LogP contribution is -2.46. The van der Waals surface area contributed by atoms with E-state index in [1.165, 1.54) is 4.31 Å². The predicted octanol–water partition coefficient (Wildman–Crippen LogP) is 1.86. The van der Waals surface area contributed by atoms with Crippen LogP contribution < -0.4 is 0 Å². The van der Waals surface area contributed by atoms with Crippen LogP contribution in [0.5, 0.6) is 0 Å². The Kier molecular flexibility index (Phi) is 5.37. The van der Waals surface area contributed by atoms with Crippen molar-refractivity contribution in [1.29, 1.82) is 0 Å². The molecule has 2 aromatic rings. The lowest BCUT2D eigenvalue weighted by Gasteiger charge is -2.33. The Morgan fingerprint density at radius 3 is 2.71 bits per heavy atom. The van der Waals surface area contributed by atoms with Gasteiger partial charge in [-0.1, -0.05) is 12.1 Å². The molecule has 2 aliphatic rings. The number of aryl methyl sites for hydroxylation is 1. The molecule has 2 saturated heterocycles. The van der Waals surface area contributed by atoms with E-state index < -0.39 is 10.0 Å². The zero-order valence-corrected chi connectivity index (χ0v) is 17.1. The third-order valence-electron chi connectivity index (χ3n) is 5.71. The first-order valence-electron chi connectivity index (χ1n) is 10.1. The average Bonchev–Trinajstić information content (AvgIpc) is 3.38. The van der Waals surface area contributed by atoms with Gasteiger partial charge in [-0.25, -0.2) is 13.1 Å². The Hall–Kier alpha value is -2.00. The highest BCUT2D eigenvalue weighted by Gasteiger charge is 2.35. The van der Waals surface area contributed by atoms with Gasteiger partial charge < -0.3 is 4.90 Å². The second-order valence-corrected chi connectivity index (χ2v) is 9.64. The van der Waals surface area contributed by atoms with Crippen LogP contribution in [0, 0.1) is 5.92 Å². The summed E-state index contributed by atoms with van der Waals surface area (Å²) in [5.41, 5.74) is 1.41. The van der Waals surface area contributed by atoms with Crippen LogP contribution >= 0.6 is 0 Å². The van der Waals surface area contributed by atoms with Gasteiger partial charge >= 0.3 is 0 Å². The summed E-state index contributed by atoms with van der Waals surface area (Å²) in [4.78, 5) is 14.8. The summed E-state index contributed by atoms with van der Waals surface area (Å²) in [5, 5.41) is 8.23. The van der Waals surface area contributed by atoms with Gasteiger partial charge in [0.2, 0.25) is 15.9 Å². The molecule has 9 heteroatoms. The number of amides is 1. The molecule has 2 fully saturated rings. The molecule has 1 aromatic heterocycles. The van der Waals surface area contributed by atoms with E-state index in [4.69, 9.17) is 0 Å². The van der Waals surface area contributed by atoms with Crippen LogP contribution in [-0.2, 0) is 21.4 Å². The number of fused-ring (bicyclic) bond motifs is 1. The van der Waals surface area contributed by atoms with Gasteiger partial charge in [-0.2, -0.15) is 4.31 Å². The van der Waals surface area contributed by atoms with Gasteiger partial charge in [0.1, 0.15) is 5.52 Å². The maximum absolute atomic E-state index is 13.2. The molecular formula is C19H27N5O3S. The summed E-state index contributed by atoms with van der Waals surface area (Å²) in [6.07, 6.45) is 4.47. The summed E-state index contributed by atoms with van der Waals surface area (Å²) in [7, 11) is -3.66. The zero-order valence-electron chi connectivity index (χ0n) is 16.2. The van der Waals surface area contributed by atoms with Gasteiger partial charge in [-0.3, -0.25) is 4.79 Å². The van der Waals surface area contributed by atoms with Crippen LogP contribution in [-0.4, -0.2) is 64.7 Å². The maximum atomic E-state index is 13.2. The molecule has 1 aromatic carbocycles. The summed E-state index contributed by atoms with van der Waals surface area (Å²) in [6.45, 7) is 5.11. The van der Waals surface area contributed by atoms with Crippen LogP contribution in [0.4, 0.5) is 0 Å². The molecule has 152 valence electrons. The van der Waals surface area contributed by atoms with E-state index >= 15 is 0 Å². The molecule has 1 unspecified atom stereocenters. The number of rotatable bonds is 5. The second kappa shape index (κ2) is 7.79. The number of sulfonamides is 1. The van der Waals surface area contributed by atoms with Gasteiger partial charge in [0.05, 0.1) is 16.3 Å². The fourth-order valence-corrected chi connectivity index (χ4v) is 5.74. The van der Waals surface area contributed by atoms with Crippen LogP contribution in [0.15, 0.2) is 23.1 Å². The number of nitrogens with zero attached hydrogens (tertiary/aromatic N) is 5. The average molecular weight is 406 g/mol. The third-order valence-corrected chi connectivity index (χ3v) is 7.57. The van der Waals surface area contributed by atoms with Crippen molar-refractivity contribution in [2.24, 2.45) is 5.92 Å². The molecule has 1 atom stereocenters. The summed E-state index contributed by atoms with van der Waals surface area (Å²) < 4.78 is 29.7. The van der Waals surface area contributed by atoms with E-state index in [-0.39, 0.29) is 23.3 Å². The smallest absolute Gasteiger partial charge is 0.243 e. The Morgan fingerprint density at radius 1 is 1.18 bits per heavy atom. The van der Waals surface area contributed by atoms with Gasteiger partial charge in [0.15, 0.2) is 0 Å². The van der Waals surface area contributed by atoms with Crippen molar-refractivity contribution >= 4 is 27.0 Å². The van der Waals surface area contributed by atoms with Gasteiger partial charge in [0, 0.05) is 32.7 Å². The Labute approximate surface area is 165 Å². The van der Waals surface area contributed by atoms with E-state index in [2.05, 4.69) is 17.2 Å². The van der Waals surface area contributed by atoms with Crippen molar-refractivity contribution in [3.8, 4) is 0 Å². The number of benzene rings is 1. The number of carbonyl (C=O) groups is 1. The number of aromatic nitrogens is 3. The molecule has 3 heterocycles. The third kappa shape index (κ3) is 3.53. The zero-order chi connectivity index (χ0) is 19.7. The Morgan fingerprint density at radius 2 is 1.96 bits per heavy atom. The van der Waals surface area contributed by atoms with Crippen LogP contribution in [0.2, 0.25) is 0 Å². The largest absolute Gasteiger partial charge is 0.342 e. The molecule has 0 radical (unpaired) electrons. The fourth-order valence-electron chi connectivity index (χ4n) is 4.20. The second-order valence-electron chi connectivity index (χ2n) is 7.70. The number of hydrogen-bond acceptors (Lipinski definition) is 5. The highest BCUT2D eigenvalue weighted by molar-refractivity contribution is 7.89. The quantitative estimate of drug-likeness (QED) is 0.758. The maximum Gasteiger partial charge on any atom is 0.243 e. The minimum absolute atomic E-state index is 0.107. The molecule has 8 nitrogen and oxygen atoms in total. The van der Waals surface area contributed by atoms with Crippen molar-refractivity contribution in [3.05, 3.63) is 18.2 Å².